The first-order valence-corrected chi connectivity index (χ1v) is 9.40. The fraction of sp³-hybridized carbons (Fsp3) is 0.625. The largest absolute Gasteiger partial charge is 0.388 e. The monoisotopic (exact) mass is 357 g/mol. The second kappa shape index (κ2) is 6.70. The van der Waals surface area contributed by atoms with Crippen molar-refractivity contribution in [3.8, 4) is 0 Å². The number of ether oxygens (including phenoxy) is 2. The van der Waals surface area contributed by atoms with Gasteiger partial charge in [0.05, 0.1) is 17.5 Å². The number of hydrogen-bond acceptors (Lipinski definition) is 7. The highest BCUT2D eigenvalue weighted by molar-refractivity contribution is 7.86. The van der Waals surface area contributed by atoms with Crippen LogP contribution in [0, 0.1) is 6.92 Å². The molecule has 2 aliphatic heterocycles. The van der Waals surface area contributed by atoms with Crippen LogP contribution in [0.1, 0.15) is 19.4 Å². The number of fused-ring (bicyclic) bond motifs is 2. The van der Waals surface area contributed by atoms with Crippen LogP contribution in [0.5, 0.6) is 0 Å². The van der Waals surface area contributed by atoms with E-state index in [0.717, 1.165) is 5.56 Å². The Morgan fingerprint density at radius 3 is 2.58 bits per heavy atom. The van der Waals surface area contributed by atoms with Gasteiger partial charge in [-0.3, -0.25) is 4.18 Å². The average Bonchev–Trinajstić information content (AvgIpc) is 2.95. The van der Waals surface area contributed by atoms with Crippen molar-refractivity contribution in [3.05, 3.63) is 29.8 Å². The van der Waals surface area contributed by atoms with E-state index >= 15 is 0 Å². The van der Waals surface area contributed by atoms with Crippen molar-refractivity contribution in [2.24, 2.45) is 0 Å². The molecule has 0 aliphatic carbocycles. The van der Waals surface area contributed by atoms with Gasteiger partial charge in [0, 0.05) is 6.04 Å². The summed E-state index contributed by atoms with van der Waals surface area (Å²) in [7, 11) is -4.03. The second-order valence-corrected chi connectivity index (χ2v) is 8.11. The van der Waals surface area contributed by atoms with E-state index in [1.54, 1.807) is 12.1 Å². The summed E-state index contributed by atoms with van der Waals surface area (Å²) in [6.45, 7) is 6.03. The standard InChI is InChI=1S/C16H23NO6S/c1-9(2)17-13-12-8-21-16(22-12)15(14(13)18)23-24(19,20)11-6-4-10(3)5-7-11/h4-7,9,12-18H,8H2,1-3H3/t12-,13+,14-,15+,16-/m0/s1. The van der Waals surface area contributed by atoms with Crippen LogP contribution in [0.4, 0.5) is 0 Å². The third kappa shape index (κ3) is 3.49. The molecule has 24 heavy (non-hydrogen) atoms. The van der Waals surface area contributed by atoms with Gasteiger partial charge in [0.15, 0.2) is 12.4 Å². The molecular weight excluding hydrogens is 334 g/mol. The highest BCUT2D eigenvalue weighted by Crippen LogP contribution is 2.32. The number of aliphatic hydroxyl groups is 1. The zero-order valence-electron chi connectivity index (χ0n) is 13.9. The molecule has 2 saturated heterocycles. The van der Waals surface area contributed by atoms with E-state index in [0.29, 0.717) is 0 Å². The molecule has 2 N–H and O–H groups in total. The first-order valence-electron chi connectivity index (χ1n) is 7.99. The van der Waals surface area contributed by atoms with E-state index in [9.17, 15) is 13.5 Å². The maximum absolute atomic E-state index is 12.5. The lowest BCUT2D eigenvalue weighted by molar-refractivity contribution is -0.193. The molecule has 2 aliphatic rings. The van der Waals surface area contributed by atoms with E-state index in [4.69, 9.17) is 13.7 Å². The zero-order chi connectivity index (χ0) is 17.5. The topological polar surface area (TPSA) is 94.1 Å². The number of aryl methyl sites for hydroxylation is 1. The molecule has 134 valence electrons. The highest BCUT2D eigenvalue weighted by atomic mass is 32.2. The van der Waals surface area contributed by atoms with E-state index < -0.39 is 34.7 Å². The van der Waals surface area contributed by atoms with E-state index in [1.165, 1.54) is 12.1 Å². The Kier molecular flexibility index (Phi) is 4.96. The smallest absolute Gasteiger partial charge is 0.297 e. The SMILES string of the molecule is Cc1ccc(S(=O)(=O)O[C@H]2[C@H]3OC[C@H](O3)[C@@H](NC(C)C)[C@@H]2O)cc1. The Hall–Kier alpha value is -1.03. The van der Waals surface area contributed by atoms with Crippen molar-refractivity contribution in [1.82, 2.24) is 5.32 Å². The number of hydrogen-bond donors (Lipinski definition) is 2. The van der Waals surface area contributed by atoms with Crippen LogP contribution in [0.15, 0.2) is 29.2 Å². The molecule has 3 rings (SSSR count). The predicted octanol–water partition coefficient (Wildman–Crippen LogP) is 0.552. The summed E-state index contributed by atoms with van der Waals surface area (Å²) in [4.78, 5) is 0.0359. The Labute approximate surface area is 142 Å². The van der Waals surface area contributed by atoms with Gasteiger partial charge in [-0.2, -0.15) is 8.42 Å². The highest BCUT2D eigenvalue weighted by Gasteiger charge is 2.52. The van der Waals surface area contributed by atoms with Gasteiger partial charge in [-0.1, -0.05) is 31.5 Å². The van der Waals surface area contributed by atoms with Gasteiger partial charge < -0.3 is 19.9 Å². The third-order valence-corrected chi connectivity index (χ3v) is 5.51. The molecule has 2 fully saturated rings. The normalized spacial score (nSPS) is 33.1. The molecule has 0 unspecified atom stereocenters. The van der Waals surface area contributed by atoms with Crippen LogP contribution in [0.2, 0.25) is 0 Å². The van der Waals surface area contributed by atoms with Crippen molar-refractivity contribution >= 4 is 10.1 Å². The molecule has 0 spiro atoms. The fourth-order valence-electron chi connectivity index (χ4n) is 2.99. The summed E-state index contributed by atoms with van der Waals surface area (Å²) in [6.07, 6.45) is -3.39. The van der Waals surface area contributed by atoms with Gasteiger partial charge in [0.1, 0.15) is 12.2 Å². The first kappa shape index (κ1) is 17.8. The van der Waals surface area contributed by atoms with Crippen LogP contribution in [-0.4, -0.2) is 56.8 Å². The van der Waals surface area contributed by atoms with Gasteiger partial charge >= 0.3 is 0 Å². The maximum atomic E-state index is 12.5. The quantitative estimate of drug-likeness (QED) is 0.743. The molecule has 1 aromatic rings. The number of rotatable bonds is 5. The molecule has 0 saturated carbocycles. The third-order valence-electron chi connectivity index (χ3n) is 4.18. The van der Waals surface area contributed by atoms with Crippen LogP contribution in [-0.2, 0) is 23.8 Å². The van der Waals surface area contributed by atoms with Gasteiger partial charge in [0.2, 0.25) is 0 Å². The Morgan fingerprint density at radius 1 is 1.29 bits per heavy atom. The van der Waals surface area contributed by atoms with Crippen molar-refractivity contribution < 1.29 is 27.2 Å². The van der Waals surface area contributed by atoms with E-state index in [2.05, 4.69) is 5.32 Å². The number of benzene rings is 1. The lowest BCUT2D eigenvalue weighted by atomic mass is 9.97. The lowest BCUT2D eigenvalue weighted by Gasteiger charge is -2.38. The fourth-order valence-corrected chi connectivity index (χ4v) is 4.06. The van der Waals surface area contributed by atoms with E-state index in [-0.39, 0.29) is 23.6 Å². The Balaban J connectivity index is 1.81. The molecule has 0 aromatic heterocycles. The maximum Gasteiger partial charge on any atom is 0.297 e. The molecule has 0 amide bonds. The van der Waals surface area contributed by atoms with Crippen LogP contribution in [0.25, 0.3) is 0 Å². The molecule has 2 bridgehead atoms. The van der Waals surface area contributed by atoms with Crippen LogP contribution < -0.4 is 5.32 Å². The van der Waals surface area contributed by atoms with Crippen molar-refractivity contribution in [2.45, 2.75) is 62.4 Å². The Bertz CT molecular complexity index is 674. The number of nitrogens with one attached hydrogen (secondary N) is 1. The van der Waals surface area contributed by atoms with Crippen LogP contribution in [0.3, 0.4) is 0 Å². The molecule has 2 heterocycles. The molecule has 8 heteroatoms. The van der Waals surface area contributed by atoms with E-state index in [1.807, 2.05) is 20.8 Å². The molecular formula is C16H23NO6S. The molecule has 7 nitrogen and oxygen atoms in total. The average molecular weight is 357 g/mol. The van der Waals surface area contributed by atoms with Crippen molar-refractivity contribution in [1.29, 1.82) is 0 Å². The first-order chi connectivity index (χ1) is 11.3. The van der Waals surface area contributed by atoms with Gasteiger partial charge in [-0.25, -0.2) is 0 Å². The molecule has 0 radical (unpaired) electrons. The summed E-state index contributed by atoms with van der Waals surface area (Å²) in [5.74, 6) is 0. The number of aliphatic hydroxyl groups excluding tert-OH is 1. The van der Waals surface area contributed by atoms with Crippen molar-refractivity contribution in [2.75, 3.05) is 6.61 Å². The summed E-state index contributed by atoms with van der Waals surface area (Å²) >= 11 is 0. The minimum atomic E-state index is -4.03. The summed E-state index contributed by atoms with van der Waals surface area (Å²) in [5.41, 5.74) is 0.943. The zero-order valence-corrected chi connectivity index (χ0v) is 14.7. The van der Waals surface area contributed by atoms with Gasteiger partial charge in [0.25, 0.3) is 10.1 Å². The van der Waals surface area contributed by atoms with Crippen LogP contribution >= 0.6 is 0 Å². The second-order valence-electron chi connectivity index (χ2n) is 6.54. The lowest BCUT2D eigenvalue weighted by Crippen LogP contribution is -2.61. The summed E-state index contributed by atoms with van der Waals surface area (Å²) in [6, 6.07) is 5.97. The minimum Gasteiger partial charge on any atom is -0.388 e. The van der Waals surface area contributed by atoms with Gasteiger partial charge in [-0.05, 0) is 19.1 Å². The Morgan fingerprint density at radius 2 is 1.96 bits per heavy atom. The van der Waals surface area contributed by atoms with Crippen molar-refractivity contribution in [3.63, 3.8) is 0 Å². The minimum absolute atomic E-state index is 0.0359. The predicted molar refractivity (Wildman–Crippen MR) is 85.9 cm³/mol. The summed E-state index contributed by atoms with van der Waals surface area (Å²) < 4.78 is 41.4. The van der Waals surface area contributed by atoms with Gasteiger partial charge in [-0.15, -0.1) is 0 Å². The molecule has 1 aromatic carbocycles. The summed E-state index contributed by atoms with van der Waals surface area (Å²) in [5, 5.41) is 13.8. The molecule has 5 atom stereocenters.